The van der Waals surface area contributed by atoms with E-state index in [2.05, 4.69) is 5.32 Å². The minimum absolute atomic E-state index is 0.0325. The largest absolute Gasteiger partial charge is 0.478 e. The monoisotopic (exact) mass is 393 g/mol. The lowest BCUT2D eigenvalue weighted by atomic mass is 10.0. The van der Waals surface area contributed by atoms with Gasteiger partial charge in [0.25, 0.3) is 5.91 Å². The van der Waals surface area contributed by atoms with Crippen molar-refractivity contribution >= 4 is 15.7 Å². The molecule has 0 aliphatic rings. The van der Waals surface area contributed by atoms with E-state index < -0.39 is 21.8 Å². The van der Waals surface area contributed by atoms with Crippen LogP contribution in [0.15, 0.2) is 53.4 Å². The molecule has 0 saturated heterocycles. The van der Waals surface area contributed by atoms with E-state index in [1.807, 2.05) is 6.92 Å². The summed E-state index contributed by atoms with van der Waals surface area (Å²) in [6.07, 6.45) is 1.31. The number of para-hydroxylation sites is 1. The summed E-state index contributed by atoms with van der Waals surface area (Å²) in [6, 6.07) is 12.1. The van der Waals surface area contributed by atoms with Crippen LogP contribution in [0.4, 0.5) is 4.39 Å². The average Bonchev–Trinajstić information content (AvgIpc) is 2.64. The van der Waals surface area contributed by atoms with Crippen LogP contribution in [0.1, 0.15) is 38.3 Å². The second kappa shape index (κ2) is 8.99. The van der Waals surface area contributed by atoms with Gasteiger partial charge < -0.3 is 10.1 Å². The van der Waals surface area contributed by atoms with E-state index >= 15 is 0 Å². The van der Waals surface area contributed by atoms with E-state index in [0.29, 0.717) is 12.8 Å². The molecular weight excluding hydrogens is 369 g/mol. The number of hydrogen-bond donors (Lipinski definition) is 1. The Bertz CT molecular complexity index is 881. The van der Waals surface area contributed by atoms with Gasteiger partial charge in [-0.25, -0.2) is 12.8 Å². The van der Waals surface area contributed by atoms with E-state index in [0.717, 1.165) is 11.8 Å². The van der Waals surface area contributed by atoms with Crippen LogP contribution in [0.3, 0.4) is 0 Å². The molecule has 146 valence electrons. The molecule has 7 heteroatoms. The summed E-state index contributed by atoms with van der Waals surface area (Å²) in [6.45, 7) is 3.70. The maximum atomic E-state index is 13.8. The first kappa shape index (κ1) is 20.9. The number of ether oxygens (including phenoxy) is 1. The summed E-state index contributed by atoms with van der Waals surface area (Å²) in [5, 5.41) is 2.90. The molecule has 5 nitrogen and oxygen atoms in total. The van der Waals surface area contributed by atoms with E-state index in [1.165, 1.54) is 24.3 Å². The highest BCUT2D eigenvalue weighted by Gasteiger charge is 2.23. The molecule has 0 heterocycles. The van der Waals surface area contributed by atoms with Gasteiger partial charge in [-0.1, -0.05) is 38.1 Å². The minimum Gasteiger partial charge on any atom is -0.478 e. The Morgan fingerprint density at radius 3 is 2.22 bits per heavy atom. The molecular formula is C20H24FNO4S. The third-order valence-corrected chi connectivity index (χ3v) is 5.33. The van der Waals surface area contributed by atoms with Crippen molar-refractivity contribution in [3.63, 3.8) is 0 Å². The zero-order valence-corrected chi connectivity index (χ0v) is 16.4. The molecule has 2 aromatic carbocycles. The minimum atomic E-state index is -3.27. The molecule has 2 rings (SSSR count). The normalized spacial score (nSPS) is 13.6. The van der Waals surface area contributed by atoms with Crippen LogP contribution >= 0.6 is 0 Å². The van der Waals surface area contributed by atoms with Gasteiger partial charge in [-0.05, 0) is 42.7 Å². The second-order valence-corrected chi connectivity index (χ2v) is 8.27. The highest BCUT2D eigenvalue weighted by atomic mass is 32.2. The summed E-state index contributed by atoms with van der Waals surface area (Å²) in [4.78, 5) is 12.8. The lowest BCUT2D eigenvalue weighted by Gasteiger charge is -2.22. The zero-order chi connectivity index (χ0) is 20.0. The standard InChI is InChI=1S/C20H24FNO4S/c1-4-17(14-10-12-15(13-11-14)27(3,24)25)22-20(23)18(5-2)26-19-9-7-6-8-16(19)21/h6-13,17-18H,4-5H2,1-3H3,(H,22,23). The number of rotatable bonds is 8. The Kier molecular flexibility index (Phi) is 6.96. The molecule has 0 aliphatic carbocycles. The van der Waals surface area contributed by atoms with Gasteiger partial charge in [0.2, 0.25) is 0 Å². The van der Waals surface area contributed by atoms with Crippen LogP contribution < -0.4 is 10.1 Å². The van der Waals surface area contributed by atoms with E-state index in [9.17, 15) is 17.6 Å². The summed E-state index contributed by atoms with van der Waals surface area (Å²) < 4.78 is 42.5. The fraction of sp³-hybridized carbons (Fsp3) is 0.350. The fourth-order valence-electron chi connectivity index (χ4n) is 2.65. The second-order valence-electron chi connectivity index (χ2n) is 6.26. The molecule has 1 N–H and O–H groups in total. The molecule has 0 aromatic heterocycles. The third-order valence-electron chi connectivity index (χ3n) is 4.20. The van der Waals surface area contributed by atoms with Crippen molar-refractivity contribution in [3.8, 4) is 5.75 Å². The van der Waals surface area contributed by atoms with Gasteiger partial charge in [0.05, 0.1) is 10.9 Å². The van der Waals surface area contributed by atoms with Gasteiger partial charge in [0, 0.05) is 6.26 Å². The van der Waals surface area contributed by atoms with E-state index in [1.54, 1.807) is 31.2 Å². The Morgan fingerprint density at radius 2 is 1.70 bits per heavy atom. The van der Waals surface area contributed by atoms with Crippen molar-refractivity contribution in [1.29, 1.82) is 0 Å². The number of carbonyl (C=O) groups excluding carboxylic acids is 1. The predicted octanol–water partition coefficient (Wildman–Crippen LogP) is 3.65. The van der Waals surface area contributed by atoms with Gasteiger partial charge >= 0.3 is 0 Å². The SMILES string of the molecule is CCC(Oc1ccccc1F)C(=O)NC(CC)c1ccc(S(C)(=O)=O)cc1. The number of amides is 1. The Labute approximate surface area is 159 Å². The molecule has 0 spiro atoms. The summed E-state index contributed by atoms with van der Waals surface area (Å²) >= 11 is 0. The van der Waals surface area contributed by atoms with Crippen molar-refractivity contribution in [2.75, 3.05) is 6.26 Å². The van der Waals surface area contributed by atoms with Crippen LogP contribution in [0.25, 0.3) is 0 Å². The first-order valence-corrected chi connectivity index (χ1v) is 10.7. The Hall–Kier alpha value is -2.41. The topological polar surface area (TPSA) is 72.5 Å². The van der Waals surface area contributed by atoms with Crippen LogP contribution in [-0.2, 0) is 14.6 Å². The number of halogens is 1. The number of carbonyl (C=O) groups is 1. The van der Waals surface area contributed by atoms with Gasteiger partial charge in [-0.2, -0.15) is 0 Å². The average molecular weight is 393 g/mol. The molecule has 0 fully saturated rings. The smallest absolute Gasteiger partial charge is 0.261 e. The molecule has 2 aromatic rings. The summed E-state index contributed by atoms with van der Waals surface area (Å²) in [5.74, 6) is -0.836. The highest BCUT2D eigenvalue weighted by Crippen LogP contribution is 2.21. The summed E-state index contributed by atoms with van der Waals surface area (Å²) in [7, 11) is -3.27. The van der Waals surface area contributed by atoms with Crippen molar-refractivity contribution in [2.45, 2.75) is 43.7 Å². The van der Waals surface area contributed by atoms with Crippen molar-refractivity contribution in [2.24, 2.45) is 0 Å². The number of benzene rings is 2. The molecule has 1 amide bonds. The van der Waals surface area contributed by atoms with E-state index in [-0.39, 0.29) is 22.6 Å². The molecule has 2 atom stereocenters. The maximum Gasteiger partial charge on any atom is 0.261 e. The van der Waals surface area contributed by atoms with Crippen molar-refractivity contribution in [3.05, 3.63) is 59.9 Å². The van der Waals surface area contributed by atoms with Gasteiger partial charge in [0.1, 0.15) is 0 Å². The third kappa shape index (κ3) is 5.53. The Morgan fingerprint density at radius 1 is 1.07 bits per heavy atom. The molecule has 27 heavy (non-hydrogen) atoms. The predicted molar refractivity (Wildman–Crippen MR) is 102 cm³/mol. The van der Waals surface area contributed by atoms with Crippen molar-refractivity contribution < 1.29 is 22.3 Å². The molecule has 0 bridgehead atoms. The van der Waals surface area contributed by atoms with Gasteiger partial charge in [-0.15, -0.1) is 0 Å². The van der Waals surface area contributed by atoms with E-state index in [4.69, 9.17) is 4.74 Å². The zero-order valence-electron chi connectivity index (χ0n) is 15.6. The molecule has 0 aliphatic heterocycles. The summed E-state index contributed by atoms with van der Waals surface area (Å²) in [5.41, 5.74) is 0.791. The number of nitrogens with one attached hydrogen (secondary N) is 1. The van der Waals surface area contributed by atoms with Gasteiger partial charge in [0.15, 0.2) is 27.5 Å². The van der Waals surface area contributed by atoms with Crippen molar-refractivity contribution in [1.82, 2.24) is 5.32 Å². The highest BCUT2D eigenvalue weighted by molar-refractivity contribution is 7.90. The molecule has 0 radical (unpaired) electrons. The van der Waals surface area contributed by atoms with Crippen LogP contribution in [0, 0.1) is 5.82 Å². The molecule has 0 saturated carbocycles. The number of sulfone groups is 1. The van der Waals surface area contributed by atoms with Crippen LogP contribution in [0.2, 0.25) is 0 Å². The lowest BCUT2D eigenvalue weighted by Crippen LogP contribution is -2.40. The molecule has 2 unspecified atom stereocenters. The number of hydrogen-bond acceptors (Lipinski definition) is 4. The maximum absolute atomic E-state index is 13.8. The van der Waals surface area contributed by atoms with Gasteiger partial charge in [-0.3, -0.25) is 4.79 Å². The first-order valence-electron chi connectivity index (χ1n) is 8.77. The lowest BCUT2D eigenvalue weighted by molar-refractivity contribution is -0.129. The fourth-order valence-corrected chi connectivity index (χ4v) is 3.28. The first-order chi connectivity index (χ1) is 12.8. The quantitative estimate of drug-likeness (QED) is 0.743. The Balaban J connectivity index is 2.11. The van der Waals surface area contributed by atoms with Crippen LogP contribution in [-0.4, -0.2) is 26.7 Å². The van der Waals surface area contributed by atoms with Crippen LogP contribution in [0.5, 0.6) is 5.75 Å².